The standard InChI is InChI=1S/C33H35FN4O5S/c1-32(2,3)43-31(41)36-24-6-5-13-37(17-24)30(40)27-15-25(22-11-12-23(16-35)26(34)14-22)28(44-27)20-7-9-21(10-8-20)29(39)38-18-33(4,42)19-38/h7-12,14-15,24,42H,5-6,13,17-19H2,1-4H3,(H,36,41)/t24-/m1/s1. The van der Waals surface area contributed by atoms with Crippen molar-refractivity contribution < 1.29 is 28.6 Å². The van der Waals surface area contributed by atoms with Crippen molar-refractivity contribution in [2.45, 2.75) is 57.8 Å². The third-order valence-corrected chi connectivity index (χ3v) is 8.69. The Labute approximate surface area is 259 Å². The number of carbonyl (C=O) groups is 3. The normalized spacial score (nSPS) is 17.8. The van der Waals surface area contributed by atoms with E-state index in [1.165, 1.54) is 23.5 Å². The first kappa shape index (κ1) is 31.2. The van der Waals surface area contributed by atoms with Crippen molar-refractivity contribution in [1.29, 1.82) is 5.26 Å². The fourth-order valence-corrected chi connectivity index (χ4v) is 6.63. The van der Waals surface area contributed by atoms with E-state index in [-0.39, 0.29) is 36.5 Å². The molecule has 2 N–H and O–H groups in total. The fraction of sp³-hybridized carbons (Fsp3) is 0.394. The summed E-state index contributed by atoms with van der Waals surface area (Å²) in [4.78, 5) is 43.4. The van der Waals surface area contributed by atoms with Crippen LogP contribution in [-0.2, 0) is 4.74 Å². The molecule has 2 fully saturated rings. The van der Waals surface area contributed by atoms with E-state index in [1.807, 2.05) is 6.07 Å². The molecule has 44 heavy (non-hydrogen) atoms. The summed E-state index contributed by atoms with van der Waals surface area (Å²) >= 11 is 1.26. The highest BCUT2D eigenvalue weighted by atomic mass is 32.1. The van der Waals surface area contributed by atoms with Crippen LogP contribution in [0.15, 0.2) is 48.5 Å². The Morgan fingerprint density at radius 1 is 1.07 bits per heavy atom. The molecule has 1 atom stereocenters. The number of nitrogens with one attached hydrogen (secondary N) is 1. The molecule has 0 aliphatic carbocycles. The van der Waals surface area contributed by atoms with Gasteiger partial charge in [-0.1, -0.05) is 18.2 Å². The van der Waals surface area contributed by atoms with Crippen LogP contribution in [0.2, 0.25) is 0 Å². The molecule has 3 aromatic rings. The van der Waals surface area contributed by atoms with Gasteiger partial charge in [-0.2, -0.15) is 5.26 Å². The molecule has 9 nitrogen and oxygen atoms in total. The predicted molar refractivity (Wildman–Crippen MR) is 165 cm³/mol. The number of nitrogens with zero attached hydrogens (tertiary/aromatic N) is 3. The van der Waals surface area contributed by atoms with Gasteiger partial charge in [0.05, 0.1) is 29.1 Å². The molecule has 2 aliphatic heterocycles. The van der Waals surface area contributed by atoms with E-state index in [9.17, 15) is 29.1 Å². The summed E-state index contributed by atoms with van der Waals surface area (Å²) in [5, 5.41) is 22.1. The van der Waals surface area contributed by atoms with Gasteiger partial charge in [-0.25, -0.2) is 9.18 Å². The summed E-state index contributed by atoms with van der Waals surface area (Å²) in [7, 11) is 0. The number of alkyl carbamates (subject to hydrolysis) is 1. The van der Waals surface area contributed by atoms with E-state index < -0.39 is 23.1 Å². The van der Waals surface area contributed by atoms with Gasteiger partial charge in [-0.05, 0) is 82.0 Å². The van der Waals surface area contributed by atoms with E-state index in [1.54, 1.807) is 73.9 Å². The van der Waals surface area contributed by atoms with Crippen molar-refractivity contribution in [2.24, 2.45) is 0 Å². The minimum absolute atomic E-state index is 0.0773. The van der Waals surface area contributed by atoms with Gasteiger partial charge in [0.15, 0.2) is 0 Å². The monoisotopic (exact) mass is 618 g/mol. The molecule has 2 aliphatic rings. The van der Waals surface area contributed by atoms with Crippen molar-refractivity contribution in [3.05, 3.63) is 70.4 Å². The highest BCUT2D eigenvalue weighted by Crippen LogP contribution is 2.41. The zero-order valence-corrected chi connectivity index (χ0v) is 26.0. The van der Waals surface area contributed by atoms with Gasteiger partial charge in [-0.3, -0.25) is 9.59 Å². The number of hydrogen-bond donors (Lipinski definition) is 2. The summed E-state index contributed by atoms with van der Waals surface area (Å²) in [6.45, 7) is 8.44. The molecule has 3 heterocycles. The summed E-state index contributed by atoms with van der Waals surface area (Å²) in [5.74, 6) is -1.04. The van der Waals surface area contributed by atoms with Crippen LogP contribution >= 0.6 is 11.3 Å². The summed E-state index contributed by atoms with van der Waals surface area (Å²) < 4.78 is 20.1. The second-order valence-electron chi connectivity index (χ2n) is 12.6. The second kappa shape index (κ2) is 12.0. The maximum atomic E-state index is 14.7. The lowest BCUT2D eigenvalue weighted by molar-refractivity contribution is -0.0668. The molecule has 0 spiro atoms. The predicted octanol–water partition coefficient (Wildman–Crippen LogP) is 5.43. The van der Waals surface area contributed by atoms with Crippen molar-refractivity contribution in [3.63, 3.8) is 0 Å². The molecule has 5 rings (SSSR count). The van der Waals surface area contributed by atoms with Gasteiger partial charge >= 0.3 is 6.09 Å². The average Bonchev–Trinajstić information content (AvgIpc) is 3.40. The maximum Gasteiger partial charge on any atom is 0.407 e. The average molecular weight is 619 g/mol. The zero-order chi connectivity index (χ0) is 31.8. The van der Waals surface area contributed by atoms with Crippen molar-refractivity contribution >= 4 is 29.2 Å². The van der Waals surface area contributed by atoms with Gasteiger partial charge in [0.25, 0.3) is 11.8 Å². The molecule has 2 saturated heterocycles. The number of benzene rings is 2. The maximum absolute atomic E-state index is 14.7. The Hall–Kier alpha value is -4.27. The topological polar surface area (TPSA) is 123 Å². The van der Waals surface area contributed by atoms with Crippen molar-refractivity contribution in [3.8, 4) is 27.6 Å². The number of β-amino-alcohol motifs (C(OH)–C–C–N with tert-alkyl or cyclic N) is 1. The van der Waals surface area contributed by atoms with Gasteiger partial charge < -0.3 is 25.0 Å². The largest absolute Gasteiger partial charge is 0.444 e. The minimum Gasteiger partial charge on any atom is -0.444 e. The van der Waals surface area contributed by atoms with Crippen molar-refractivity contribution in [2.75, 3.05) is 26.2 Å². The number of carbonyl (C=O) groups excluding carboxylic acids is 3. The van der Waals surface area contributed by atoms with E-state index in [4.69, 9.17) is 4.74 Å². The summed E-state index contributed by atoms with van der Waals surface area (Å²) in [5.41, 5.74) is 0.763. The number of nitriles is 1. The number of amides is 3. The zero-order valence-electron chi connectivity index (χ0n) is 25.1. The van der Waals surface area contributed by atoms with E-state index >= 15 is 0 Å². The molecule has 0 saturated carbocycles. The van der Waals surface area contributed by atoms with Gasteiger partial charge in [0.2, 0.25) is 0 Å². The Balaban J connectivity index is 1.42. The van der Waals surface area contributed by atoms with E-state index in [0.29, 0.717) is 52.4 Å². The molecule has 1 aromatic heterocycles. The number of aliphatic hydroxyl groups is 1. The molecule has 2 aromatic carbocycles. The lowest BCUT2D eigenvalue weighted by Gasteiger charge is -2.44. The molecule has 0 unspecified atom stereocenters. The molecular formula is C33H35FN4O5S. The number of thiophene rings is 1. The molecule has 0 radical (unpaired) electrons. The smallest absolute Gasteiger partial charge is 0.407 e. The van der Waals surface area contributed by atoms with E-state index in [0.717, 1.165) is 5.56 Å². The number of rotatable bonds is 5. The number of halogens is 1. The van der Waals surface area contributed by atoms with Crippen LogP contribution in [0.3, 0.4) is 0 Å². The Kier molecular flexibility index (Phi) is 8.51. The first-order valence-corrected chi connectivity index (χ1v) is 15.3. The Bertz CT molecular complexity index is 1630. The second-order valence-corrected chi connectivity index (χ2v) is 13.7. The molecule has 0 bridgehead atoms. The van der Waals surface area contributed by atoms with Crippen LogP contribution in [0.25, 0.3) is 21.6 Å². The first-order valence-electron chi connectivity index (χ1n) is 14.5. The number of ether oxygens (including phenoxy) is 1. The van der Waals surface area contributed by atoms with Gasteiger partial charge in [0, 0.05) is 35.1 Å². The van der Waals surface area contributed by atoms with Crippen LogP contribution in [0.1, 0.15) is 66.1 Å². The van der Waals surface area contributed by atoms with Crippen LogP contribution in [0.5, 0.6) is 0 Å². The quantitative estimate of drug-likeness (QED) is 0.393. The lowest BCUT2D eigenvalue weighted by atomic mass is 9.95. The van der Waals surface area contributed by atoms with Crippen LogP contribution < -0.4 is 5.32 Å². The number of likely N-dealkylation sites (tertiary alicyclic amines) is 2. The third-order valence-electron chi connectivity index (χ3n) is 7.52. The number of hydrogen-bond acceptors (Lipinski definition) is 7. The van der Waals surface area contributed by atoms with Crippen LogP contribution in [0, 0.1) is 17.1 Å². The van der Waals surface area contributed by atoms with E-state index in [2.05, 4.69) is 5.32 Å². The molecule has 3 amide bonds. The first-order chi connectivity index (χ1) is 20.7. The fourth-order valence-electron chi connectivity index (χ4n) is 5.47. The Morgan fingerprint density at radius 2 is 1.75 bits per heavy atom. The van der Waals surface area contributed by atoms with Gasteiger partial charge in [-0.15, -0.1) is 11.3 Å². The molecule has 230 valence electrons. The highest BCUT2D eigenvalue weighted by Gasteiger charge is 2.39. The SMILES string of the molecule is CC1(O)CN(C(=O)c2ccc(-c3sc(C(=O)N4CCC[C@@H](NC(=O)OC(C)(C)C)C4)cc3-c3ccc(C#N)c(F)c3)cc2)C1. The number of piperidine rings is 1. The molecular weight excluding hydrogens is 583 g/mol. The van der Waals surface area contributed by atoms with Crippen LogP contribution in [0.4, 0.5) is 9.18 Å². The summed E-state index contributed by atoms with van der Waals surface area (Å²) in [6, 6.07) is 14.6. The third kappa shape index (κ3) is 6.93. The molecule has 11 heteroatoms. The van der Waals surface area contributed by atoms with Gasteiger partial charge in [0.1, 0.15) is 17.5 Å². The minimum atomic E-state index is -0.874. The Morgan fingerprint density at radius 3 is 2.36 bits per heavy atom. The highest BCUT2D eigenvalue weighted by molar-refractivity contribution is 7.18. The van der Waals surface area contributed by atoms with Crippen molar-refractivity contribution in [1.82, 2.24) is 15.1 Å². The van der Waals surface area contributed by atoms with Crippen LogP contribution in [-0.4, -0.2) is 76.2 Å². The lowest BCUT2D eigenvalue weighted by Crippen LogP contribution is -2.61. The summed E-state index contributed by atoms with van der Waals surface area (Å²) in [6.07, 6.45) is 0.899.